The molecule has 2 aliphatic heterocycles. The lowest BCUT2D eigenvalue weighted by Gasteiger charge is -2.31. The predicted octanol–water partition coefficient (Wildman–Crippen LogP) is 2.81. The number of amides is 1. The standard InChI is InChI=1S/C34H33N3O7/c38-19-34(20-39,35-32(42)24-15-17-36-26(24)11-13-28(36)30(40)22-7-3-1-4-8-22)21-44-33(43)25-16-18-37-27(25)12-14-29(37)31(41)23-9-5-2-6-10-23/h1-14,24-25,38-39H,15-21H2,(H,35,42). The van der Waals surface area contributed by atoms with Crippen LogP contribution in [0.4, 0.5) is 0 Å². The molecule has 4 aromatic rings. The Labute approximate surface area is 253 Å². The van der Waals surface area contributed by atoms with Gasteiger partial charge in [-0.3, -0.25) is 19.2 Å². The van der Waals surface area contributed by atoms with Crippen LogP contribution in [0.25, 0.3) is 0 Å². The van der Waals surface area contributed by atoms with E-state index in [-0.39, 0.29) is 11.6 Å². The molecule has 0 radical (unpaired) electrons. The molecule has 0 fully saturated rings. The maximum absolute atomic E-state index is 13.4. The minimum atomic E-state index is -1.61. The van der Waals surface area contributed by atoms with Crippen molar-refractivity contribution >= 4 is 23.4 Å². The third kappa shape index (κ3) is 5.27. The number of aliphatic hydroxyl groups is 2. The van der Waals surface area contributed by atoms with Crippen LogP contribution in [-0.2, 0) is 27.4 Å². The van der Waals surface area contributed by atoms with E-state index in [0.717, 1.165) is 0 Å². The number of rotatable bonds is 11. The summed E-state index contributed by atoms with van der Waals surface area (Å²) in [5.41, 5.74) is 1.80. The Morgan fingerprint density at radius 2 is 1.18 bits per heavy atom. The molecule has 2 aromatic carbocycles. The first-order valence-corrected chi connectivity index (χ1v) is 14.6. The van der Waals surface area contributed by atoms with Crippen LogP contribution in [0.3, 0.4) is 0 Å². The smallest absolute Gasteiger partial charge is 0.315 e. The van der Waals surface area contributed by atoms with Gasteiger partial charge in [0.05, 0.1) is 36.4 Å². The van der Waals surface area contributed by atoms with Crippen molar-refractivity contribution in [3.05, 3.63) is 119 Å². The van der Waals surface area contributed by atoms with Gasteiger partial charge in [-0.25, -0.2) is 0 Å². The Kier molecular flexibility index (Phi) is 8.03. The van der Waals surface area contributed by atoms with Gasteiger partial charge >= 0.3 is 5.97 Å². The molecule has 3 N–H and O–H groups in total. The molecule has 226 valence electrons. The van der Waals surface area contributed by atoms with Gasteiger partial charge in [0, 0.05) is 35.6 Å². The van der Waals surface area contributed by atoms with Crippen LogP contribution < -0.4 is 5.32 Å². The number of nitrogens with zero attached hydrogens (tertiary/aromatic N) is 2. The quantitative estimate of drug-likeness (QED) is 0.179. The molecule has 4 heterocycles. The first-order valence-electron chi connectivity index (χ1n) is 14.6. The summed E-state index contributed by atoms with van der Waals surface area (Å²) in [5.74, 6) is -2.53. The number of fused-ring (bicyclic) bond motifs is 2. The SMILES string of the molecule is O=C(c1ccccc1)c1ccc2n1CCC2C(=O)NC(CO)(CO)COC(=O)C1CCn2c(C(=O)c3ccccc3)ccc21. The van der Waals surface area contributed by atoms with Crippen molar-refractivity contribution in [1.82, 2.24) is 14.5 Å². The van der Waals surface area contributed by atoms with Gasteiger partial charge in [0.15, 0.2) is 0 Å². The molecule has 0 spiro atoms. The Morgan fingerprint density at radius 3 is 1.68 bits per heavy atom. The number of ether oxygens (including phenoxy) is 1. The van der Waals surface area contributed by atoms with Gasteiger partial charge in [-0.1, -0.05) is 60.7 Å². The second-order valence-corrected chi connectivity index (χ2v) is 11.4. The van der Waals surface area contributed by atoms with Gasteiger partial charge in [0.1, 0.15) is 12.1 Å². The van der Waals surface area contributed by atoms with E-state index >= 15 is 0 Å². The molecule has 10 heteroatoms. The minimum absolute atomic E-state index is 0.136. The molecule has 44 heavy (non-hydrogen) atoms. The van der Waals surface area contributed by atoms with Gasteiger partial charge in [0.2, 0.25) is 17.5 Å². The first-order chi connectivity index (χ1) is 21.4. The van der Waals surface area contributed by atoms with Crippen LogP contribution in [0, 0.1) is 0 Å². The molecule has 2 atom stereocenters. The van der Waals surface area contributed by atoms with Gasteiger partial charge in [0.25, 0.3) is 0 Å². The van der Waals surface area contributed by atoms with Crippen LogP contribution >= 0.6 is 0 Å². The fourth-order valence-corrected chi connectivity index (χ4v) is 6.18. The maximum atomic E-state index is 13.4. The second kappa shape index (κ2) is 12.1. The molecule has 0 saturated carbocycles. The molecular formula is C34H33N3O7. The van der Waals surface area contributed by atoms with Gasteiger partial charge in [-0.2, -0.15) is 0 Å². The van der Waals surface area contributed by atoms with Crippen LogP contribution in [-0.4, -0.2) is 68.1 Å². The van der Waals surface area contributed by atoms with Gasteiger partial charge in [-0.15, -0.1) is 0 Å². The molecule has 2 unspecified atom stereocenters. The monoisotopic (exact) mass is 595 g/mol. The van der Waals surface area contributed by atoms with Gasteiger partial charge < -0.3 is 29.4 Å². The Morgan fingerprint density at radius 1 is 0.705 bits per heavy atom. The van der Waals surface area contributed by atoms with Crippen molar-refractivity contribution in [3.63, 3.8) is 0 Å². The summed E-state index contributed by atoms with van der Waals surface area (Å²) >= 11 is 0. The summed E-state index contributed by atoms with van der Waals surface area (Å²) in [6, 6.07) is 24.7. The Balaban J connectivity index is 1.11. The van der Waals surface area contributed by atoms with Crippen LogP contribution in [0.15, 0.2) is 84.9 Å². The van der Waals surface area contributed by atoms with E-state index in [1.165, 1.54) is 0 Å². The van der Waals surface area contributed by atoms with E-state index in [4.69, 9.17) is 4.74 Å². The van der Waals surface area contributed by atoms with E-state index in [1.807, 2.05) is 21.3 Å². The first kappa shape index (κ1) is 29.3. The van der Waals surface area contributed by atoms with Crippen LogP contribution in [0.5, 0.6) is 0 Å². The number of aliphatic hydroxyl groups excluding tert-OH is 2. The van der Waals surface area contributed by atoms with E-state index < -0.39 is 49.1 Å². The normalized spacial score (nSPS) is 17.1. The molecule has 0 aliphatic carbocycles. The predicted molar refractivity (Wildman–Crippen MR) is 159 cm³/mol. The fourth-order valence-electron chi connectivity index (χ4n) is 6.18. The number of hydrogen-bond donors (Lipinski definition) is 3. The summed E-state index contributed by atoms with van der Waals surface area (Å²) < 4.78 is 9.22. The molecule has 2 aliphatic rings. The third-order valence-corrected chi connectivity index (χ3v) is 8.65. The van der Waals surface area contributed by atoms with E-state index in [1.54, 1.807) is 72.8 Å². The highest BCUT2D eigenvalue weighted by Gasteiger charge is 2.40. The summed E-state index contributed by atoms with van der Waals surface area (Å²) in [6.07, 6.45) is 0.873. The zero-order valence-electron chi connectivity index (χ0n) is 24.0. The van der Waals surface area contributed by atoms with Crippen LogP contribution in [0.2, 0.25) is 0 Å². The van der Waals surface area contributed by atoms with Crippen molar-refractivity contribution in [2.24, 2.45) is 0 Å². The maximum Gasteiger partial charge on any atom is 0.315 e. The van der Waals surface area contributed by atoms with Crippen molar-refractivity contribution in [2.45, 2.75) is 43.3 Å². The summed E-state index contributed by atoms with van der Waals surface area (Å²) in [4.78, 5) is 52.7. The summed E-state index contributed by atoms with van der Waals surface area (Å²) in [6.45, 7) is -0.836. The highest BCUT2D eigenvalue weighted by Crippen LogP contribution is 2.34. The molecule has 6 rings (SSSR count). The average molecular weight is 596 g/mol. The molecule has 1 amide bonds. The van der Waals surface area contributed by atoms with Crippen molar-refractivity contribution in [1.29, 1.82) is 0 Å². The highest BCUT2D eigenvalue weighted by atomic mass is 16.5. The highest BCUT2D eigenvalue weighted by molar-refractivity contribution is 6.09. The number of carbonyl (C=O) groups is 4. The lowest BCUT2D eigenvalue weighted by molar-refractivity contribution is -0.150. The number of hydrogen-bond acceptors (Lipinski definition) is 7. The zero-order valence-corrected chi connectivity index (χ0v) is 24.0. The van der Waals surface area contributed by atoms with Crippen LogP contribution in [0.1, 0.15) is 68.2 Å². The third-order valence-electron chi connectivity index (χ3n) is 8.65. The molecular weight excluding hydrogens is 562 g/mol. The van der Waals surface area contributed by atoms with E-state index in [0.29, 0.717) is 59.8 Å². The second-order valence-electron chi connectivity index (χ2n) is 11.4. The van der Waals surface area contributed by atoms with E-state index in [2.05, 4.69) is 5.32 Å². The van der Waals surface area contributed by atoms with Crippen molar-refractivity contribution in [2.75, 3.05) is 19.8 Å². The van der Waals surface area contributed by atoms with Crippen molar-refractivity contribution < 1.29 is 34.1 Å². The molecule has 2 aromatic heterocycles. The Bertz CT molecular complexity index is 1700. The van der Waals surface area contributed by atoms with Crippen molar-refractivity contribution in [3.8, 4) is 0 Å². The average Bonchev–Trinajstić information content (AvgIpc) is 3.85. The summed E-state index contributed by atoms with van der Waals surface area (Å²) in [7, 11) is 0. The lowest BCUT2D eigenvalue weighted by Crippen LogP contribution is -2.58. The number of esters is 1. The van der Waals surface area contributed by atoms with Gasteiger partial charge in [-0.05, 0) is 37.1 Å². The zero-order chi connectivity index (χ0) is 30.8. The Hall–Kier alpha value is -4.80. The lowest BCUT2D eigenvalue weighted by atomic mass is 9.98. The molecule has 0 saturated heterocycles. The number of benzene rings is 2. The molecule has 0 bridgehead atoms. The number of aromatic nitrogens is 2. The fraction of sp³-hybridized carbons (Fsp3) is 0.294. The number of ketones is 2. The number of carbonyl (C=O) groups excluding carboxylic acids is 4. The number of nitrogens with one attached hydrogen (secondary N) is 1. The summed E-state index contributed by atoms with van der Waals surface area (Å²) in [5, 5.41) is 23.2. The van der Waals surface area contributed by atoms with E-state index in [9.17, 15) is 29.4 Å². The largest absolute Gasteiger partial charge is 0.462 e. The topological polar surface area (TPSA) is 140 Å². The molecule has 10 nitrogen and oxygen atoms in total. The minimum Gasteiger partial charge on any atom is -0.462 e.